The molecule has 0 saturated heterocycles. The van der Waals surface area contributed by atoms with Crippen molar-refractivity contribution in [3.05, 3.63) is 40.4 Å². The molecule has 0 fully saturated rings. The fourth-order valence-corrected chi connectivity index (χ4v) is 3.57. The third-order valence-electron chi connectivity index (χ3n) is 4.24. The molecule has 31 heavy (non-hydrogen) atoms. The van der Waals surface area contributed by atoms with Crippen molar-refractivity contribution in [2.45, 2.75) is 12.4 Å². The summed E-state index contributed by atoms with van der Waals surface area (Å²) in [6.07, 6.45) is 0.124. The molecule has 0 radical (unpaired) electrons. The summed E-state index contributed by atoms with van der Waals surface area (Å²) < 4.78 is 5.36. The molecule has 0 aliphatic carbocycles. The summed E-state index contributed by atoms with van der Waals surface area (Å²) in [5, 5.41) is 30.0. The van der Waals surface area contributed by atoms with E-state index in [1.54, 1.807) is 12.1 Å². The van der Waals surface area contributed by atoms with Crippen LogP contribution in [-0.2, 0) is 20.8 Å². The van der Waals surface area contributed by atoms with Gasteiger partial charge in [0, 0.05) is 5.38 Å². The number of nitrogens with one attached hydrogen (secondary N) is 2. The number of hydrogen-bond acceptors (Lipinski definition) is 10. The Kier molecular flexibility index (Phi) is 6.84. The van der Waals surface area contributed by atoms with Gasteiger partial charge in [0.05, 0.1) is 18.0 Å². The van der Waals surface area contributed by atoms with E-state index in [0.29, 0.717) is 5.56 Å². The standard InChI is InChI=1S/C17H18BN5O7S/c1-29-23-13(10-7-31-17(20-10)22-12(24)6-19)15(25)21-11-5-8-3-2-4-9(16(26)27)14(8)30-18(11)28/h2-4,7,11,28H,5-6,19H2,1H3,(H,21,25)(H,26,27)(H,20,22,24)/b23-13-. The number of fused-ring (bicyclic) bond motifs is 1. The van der Waals surface area contributed by atoms with E-state index in [4.69, 9.17) is 15.2 Å². The van der Waals surface area contributed by atoms with Crippen LogP contribution in [0.4, 0.5) is 5.13 Å². The van der Waals surface area contributed by atoms with Gasteiger partial charge in [0.15, 0.2) is 10.8 Å². The Hall–Kier alpha value is -3.49. The lowest BCUT2D eigenvalue weighted by atomic mass is 9.72. The first-order valence-electron chi connectivity index (χ1n) is 8.91. The van der Waals surface area contributed by atoms with Gasteiger partial charge in [0.2, 0.25) is 5.91 Å². The number of oxime groups is 1. The molecule has 2 aromatic rings. The molecule has 1 aliphatic heterocycles. The van der Waals surface area contributed by atoms with Crippen LogP contribution in [0.15, 0.2) is 28.7 Å². The fourth-order valence-electron chi connectivity index (χ4n) is 2.86. The van der Waals surface area contributed by atoms with Gasteiger partial charge in [-0.05, 0) is 18.1 Å². The molecular weight excluding hydrogens is 429 g/mol. The summed E-state index contributed by atoms with van der Waals surface area (Å²) in [5.74, 6) is -3.19. The number of carboxylic acids is 1. The number of hydrogen-bond donors (Lipinski definition) is 5. The van der Waals surface area contributed by atoms with Gasteiger partial charge >= 0.3 is 13.1 Å². The van der Waals surface area contributed by atoms with Gasteiger partial charge in [-0.2, -0.15) is 0 Å². The number of amides is 2. The fraction of sp³-hybridized carbons (Fsp3) is 0.235. The van der Waals surface area contributed by atoms with Crippen LogP contribution in [0.5, 0.6) is 5.75 Å². The molecule has 0 spiro atoms. The van der Waals surface area contributed by atoms with Crippen molar-refractivity contribution in [3.63, 3.8) is 0 Å². The molecule has 0 saturated carbocycles. The van der Waals surface area contributed by atoms with Crippen LogP contribution >= 0.6 is 11.3 Å². The zero-order valence-corrected chi connectivity index (χ0v) is 17.0. The summed E-state index contributed by atoms with van der Waals surface area (Å²) in [6, 6.07) is 4.55. The number of nitrogens with zero attached hydrogens (tertiary/aromatic N) is 2. The first-order valence-corrected chi connectivity index (χ1v) is 9.79. The van der Waals surface area contributed by atoms with Crippen molar-refractivity contribution in [2.75, 3.05) is 19.0 Å². The van der Waals surface area contributed by atoms with Gasteiger partial charge < -0.3 is 36.0 Å². The molecule has 14 heteroatoms. The highest BCUT2D eigenvalue weighted by atomic mass is 32.1. The van der Waals surface area contributed by atoms with Crippen LogP contribution in [0.2, 0.25) is 0 Å². The van der Waals surface area contributed by atoms with Crippen LogP contribution in [0.3, 0.4) is 0 Å². The molecular formula is C17H18BN5O7S. The minimum absolute atomic E-state index is 0.0542. The second-order valence-electron chi connectivity index (χ2n) is 6.30. The lowest BCUT2D eigenvalue weighted by Gasteiger charge is -2.28. The third kappa shape index (κ3) is 4.99. The first-order chi connectivity index (χ1) is 14.8. The Morgan fingerprint density at radius 2 is 2.23 bits per heavy atom. The molecule has 162 valence electrons. The SMILES string of the molecule is CO/N=C(\C(=O)NC1Cc2cccc(C(=O)O)c2OB1O)c1csc(NC(=O)CN)n1. The number of carbonyl (C=O) groups is 3. The number of aromatic nitrogens is 1. The van der Waals surface area contributed by atoms with Crippen molar-refractivity contribution < 1.29 is 34.0 Å². The van der Waals surface area contributed by atoms with Crippen LogP contribution in [0.25, 0.3) is 0 Å². The van der Waals surface area contributed by atoms with Gasteiger partial charge in [-0.25, -0.2) is 9.78 Å². The molecule has 0 bridgehead atoms. The summed E-state index contributed by atoms with van der Waals surface area (Å²) in [7, 11) is -0.241. The van der Waals surface area contributed by atoms with Crippen LogP contribution in [0.1, 0.15) is 21.6 Å². The van der Waals surface area contributed by atoms with Gasteiger partial charge in [0.25, 0.3) is 5.91 Å². The third-order valence-corrected chi connectivity index (χ3v) is 5.00. The monoisotopic (exact) mass is 447 g/mol. The van der Waals surface area contributed by atoms with Crippen molar-refractivity contribution in [1.29, 1.82) is 0 Å². The number of para-hydroxylation sites is 1. The van der Waals surface area contributed by atoms with E-state index in [-0.39, 0.29) is 40.8 Å². The van der Waals surface area contributed by atoms with Gasteiger partial charge in [0.1, 0.15) is 18.6 Å². The van der Waals surface area contributed by atoms with Crippen LogP contribution < -0.4 is 21.0 Å². The highest BCUT2D eigenvalue weighted by Crippen LogP contribution is 2.30. The molecule has 1 unspecified atom stereocenters. The number of carbonyl (C=O) groups excluding carboxylic acids is 2. The highest BCUT2D eigenvalue weighted by Gasteiger charge is 2.38. The molecule has 12 nitrogen and oxygen atoms in total. The largest absolute Gasteiger partial charge is 0.547 e. The van der Waals surface area contributed by atoms with E-state index >= 15 is 0 Å². The minimum Gasteiger partial charge on any atom is -0.534 e. The van der Waals surface area contributed by atoms with Crippen LogP contribution in [-0.4, -0.2) is 65.3 Å². The normalized spacial score (nSPS) is 15.5. The summed E-state index contributed by atoms with van der Waals surface area (Å²) >= 11 is 1.06. The summed E-state index contributed by atoms with van der Waals surface area (Å²) in [5.41, 5.74) is 5.62. The van der Waals surface area contributed by atoms with Crippen LogP contribution in [0, 0.1) is 0 Å². The average Bonchev–Trinajstić information content (AvgIpc) is 3.19. The lowest BCUT2D eigenvalue weighted by molar-refractivity contribution is -0.115. The summed E-state index contributed by atoms with van der Waals surface area (Å²) in [4.78, 5) is 44.4. The van der Waals surface area contributed by atoms with E-state index in [9.17, 15) is 24.5 Å². The molecule has 3 rings (SSSR count). The van der Waals surface area contributed by atoms with Crippen molar-refractivity contribution in [3.8, 4) is 5.75 Å². The zero-order valence-electron chi connectivity index (χ0n) is 16.2. The number of carboxylic acid groups (broad SMARTS) is 1. The Bertz CT molecular complexity index is 1040. The van der Waals surface area contributed by atoms with Crippen molar-refractivity contribution in [1.82, 2.24) is 10.3 Å². The predicted octanol–water partition coefficient (Wildman–Crippen LogP) is -0.771. The van der Waals surface area contributed by atoms with E-state index in [1.165, 1.54) is 18.6 Å². The maximum absolute atomic E-state index is 12.8. The smallest absolute Gasteiger partial charge is 0.534 e. The van der Waals surface area contributed by atoms with E-state index < -0.39 is 30.8 Å². The topological polar surface area (TPSA) is 185 Å². The van der Waals surface area contributed by atoms with Crippen molar-refractivity contribution in [2.24, 2.45) is 10.9 Å². The Labute approximate surface area is 180 Å². The van der Waals surface area contributed by atoms with Gasteiger partial charge in [-0.15, -0.1) is 11.3 Å². The number of anilines is 1. The van der Waals surface area contributed by atoms with Gasteiger partial charge in [-0.1, -0.05) is 17.3 Å². The minimum atomic E-state index is -1.49. The summed E-state index contributed by atoms with van der Waals surface area (Å²) in [6.45, 7) is -0.223. The molecule has 1 aromatic heterocycles. The number of thiazole rings is 1. The molecule has 2 heterocycles. The lowest BCUT2D eigenvalue weighted by Crippen LogP contribution is -2.54. The molecule has 1 aliphatic rings. The molecule has 6 N–H and O–H groups in total. The van der Waals surface area contributed by atoms with E-state index in [0.717, 1.165) is 11.3 Å². The maximum atomic E-state index is 12.8. The first kappa shape index (κ1) is 22.2. The molecule has 1 aromatic carbocycles. The van der Waals surface area contributed by atoms with Gasteiger partial charge in [-0.3, -0.25) is 9.59 Å². The maximum Gasteiger partial charge on any atom is 0.547 e. The van der Waals surface area contributed by atoms with E-state index in [2.05, 4.69) is 20.8 Å². The number of benzene rings is 1. The number of nitrogens with two attached hydrogens (primary N) is 1. The Morgan fingerprint density at radius 1 is 1.45 bits per heavy atom. The number of aromatic carboxylic acids is 1. The average molecular weight is 447 g/mol. The quantitative estimate of drug-likeness (QED) is 0.206. The Balaban J connectivity index is 1.77. The highest BCUT2D eigenvalue weighted by molar-refractivity contribution is 7.14. The molecule has 2 amide bonds. The molecule has 1 atom stereocenters. The zero-order chi connectivity index (χ0) is 22.5. The second kappa shape index (κ2) is 9.55. The Morgan fingerprint density at radius 3 is 2.90 bits per heavy atom. The number of rotatable bonds is 7. The van der Waals surface area contributed by atoms with Crippen molar-refractivity contribution >= 4 is 47.1 Å². The predicted molar refractivity (Wildman–Crippen MR) is 111 cm³/mol. The second-order valence-corrected chi connectivity index (χ2v) is 7.16. The van der Waals surface area contributed by atoms with E-state index in [1.807, 2.05) is 0 Å².